The van der Waals surface area contributed by atoms with Crippen molar-refractivity contribution in [2.24, 2.45) is 0 Å². The number of ether oxygens (including phenoxy) is 1. The van der Waals surface area contributed by atoms with Gasteiger partial charge in [-0.1, -0.05) is 36.2 Å². The second kappa shape index (κ2) is 7.06. The Morgan fingerprint density at radius 3 is 2.53 bits per heavy atom. The molecule has 1 heterocycles. The van der Waals surface area contributed by atoms with E-state index in [0.29, 0.717) is 12.1 Å². The van der Waals surface area contributed by atoms with Crippen LogP contribution >= 0.6 is 0 Å². The Balaban J connectivity index is 2.09. The molecule has 0 saturated carbocycles. The van der Waals surface area contributed by atoms with Gasteiger partial charge < -0.3 is 10.1 Å². The van der Waals surface area contributed by atoms with Crippen molar-refractivity contribution in [2.75, 3.05) is 13.2 Å². The third-order valence-electron chi connectivity index (χ3n) is 3.87. The maximum atomic E-state index is 5.90. The van der Waals surface area contributed by atoms with Crippen LogP contribution in [-0.4, -0.2) is 19.3 Å². The van der Waals surface area contributed by atoms with Gasteiger partial charge in [0.15, 0.2) is 0 Å². The van der Waals surface area contributed by atoms with Crippen molar-refractivity contribution in [3.63, 3.8) is 0 Å². The highest BCUT2D eigenvalue weighted by atomic mass is 16.5. The van der Waals surface area contributed by atoms with Crippen LogP contribution in [0.2, 0.25) is 0 Å². The summed E-state index contributed by atoms with van der Waals surface area (Å²) >= 11 is 0. The Labute approximate surface area is 117 Å². The van der Waals surface area contributed by atoms with Crippen molar-refractivity contribution < 1.29 is 4.74 Å². The van der Waals surface area contributed by atoms with E-state index in [9.17, 15) is 0 Å². The van der Waals surface area contributed by atoms with E-state index in [-0.39, 0.29) is 0 Å². The Morgan fingerprint density at radius 1 is 1.21 bits per heavy atom. The summed E-state index contributed by atoms with van der Waals surface area (Å²) in [5, 5.41) is 3.62. The van der Waals surface area contributed by atoms with Crippen LogP contribution in [0.1, 0.15) is 55.3 Å². The molecule has 0 radical (unpaired) electrons. The number of nitrogens with one attached hydrogen (secondary N) is 1. The molecule has 106 valence electrons. The Hall–Kier alpha value is -0.860. The van der Waals surface area contributed by atoms with Gasteiger partial charge in [0.25, 0.3) is 0 Å². The van der Waals surface area contributed by atoms with Crippen LogP contribution in [0.15, 0.2) is 18.2 Å². The molecule has 1 saturated heterocycles. The average Bonchev–Trinajstić information content (AvgIpc) is 2.38. The molecule has 0 aromatic heterocycles. The summed E-state index contributed by atoms with van der Waals surface area (Å²) in [6.07, 6.45) is 5.28. The summed E-state index contributed by atoms with van der Waals surface area (Å²) in [5.74, 6) is 0. The first-order chi connectivity index (χ1) is 9.19. The van der Waals surface area contributed by atoms with Gasteiger partial charge in [0, 0.05) is 12.6 Å². The molecule has 1 N–H and O–H groups in total. The van der Waals surface area contributed by atoms with Crippen molar-refractivity contribution >= 4 is 0 Å². The summed E-state index contributed by atoms with van der Waals surface area (Å²) in [6.45, 7) is 8.48. The molecule has 0 amide bonds. The lowest BCUT2D eigenvalue weighted by Gasteiger charge is -2.28. The molecule has 0 bridgehead atoms. The molecule has 0 spiro atoms. The van der Waals surface area contributed by atoms with Crippen molar-refractivity contribution in [1.82, 2.24) is 5.32 Å². The van der Waals surface area contributed by atoms with E-state index in [1.165, 1.54) is 36.0 Å². The van der Waals surface area contributed by atoms with E-state index in [2.05, 4.69) is 44.3 Å². The lowest BCUT2D eigenvalue weighted by Crippen LogP contribution is -2.28. The highest BCUT2D eigenvalue weighted by Gasteiger charge is 2.20. The minimum Gasteiger partial charge on any atom is -0.378 e. The number of rotatable bonds is 5. The van der Waals surface area contributed by atoms with E-state index in [1.54, 1.807) is 0 Å². The summed E-state index contributed by atoms with van der Waals surface area (Å²) < 4.78 is 5.90. The zero-order valence-electron chi connectivity index (χ0n) is 12.5. The predicted octanol–water partition coefficient (Wildman–Crippen LogP) is 3.91. The molecule has 19 heavy (non-hydrogen) atoms. The Morgan fingerprint density at radius 2 is 1.95 bits per heavy atom. The third kappa shape index (κ3) is 4.32. The molecule has 1 fully saturated rings. The number of hydrogen-bond donors (Lipinski definition) is 1. The first kappa shape index (κ1) is 14.5. The minimum absolute atomic E-state index is 0.423. The van der Waals surface area contributed by atoms with Crippen molar-refractivity contribution in [1.29, 1.82) is 0 Å². The first-order valence-corrected chi connectivity index (χ1v) is 7.62. The van der Waals surface area contributed by atoms with Crippen LogP contribution in [0.25, 0.3) is 0 Å². The van der Waals surface area contributed by atoms with Crippen LogP contribution < -0.4 is 5.32 Å². The molecule has 2 unspecified atom stereocenters. The van der Waals surface area contributed by atoms with Crippen LogP contribution in [-0.2, 0) is 4.74 Å². The van der Waals surface area contributed by atoms with Crippen molar-refractivity contribution in [2.45, 2.75) is 58.6 Å². The molecule has 1 aliphatic rings. The smallest absolute Gasteiger partial charge is 0.0593 e. The van der Waals surface area contributed by atoms with E-state index in [0.717, 1.165) is 19.6 Å². The van der Waals surface area contributed by atoms with Crippen LogP contribution in [0.4, 0.5) is 0 Å². The highest BCUT2D eigenvalue weighted by Crippen LogP contribution is 2.26. The lowest BCUT2D eigenvalue weighted by atomic mass is 9.94. The van der Waals surface area contributed by atoms with Gasteiger partial charge in [-0.3, -0.25) is 0 Å². The average molecular weight is 261 g/mol. The predicted molar refractivity (Wildman–Crippen MR) is 80.5 cm³/mol. The molecule has 1 aromatic rings. The molecule has 1 aromatic carbocycles. The molecule has 2 heteroatoms. The fraction of sp³-hybridized carbons (Fsp3) is 0.647. The van der Waals surface area contributed by atoms with Crippen LogP contribution in [0.5, 0.6) is 0 Å². The van der Waals surface area contributed by atoms with Gasteiger partial charge in [0.05, 0.1) is 6.10 Å². The zero-order chi connectivity index (χ0) is 13.7. The number of aryl methyl sites for hydroxylation is 2. The Kier molecular flexibility index (Phi) is 5.41. The van der Waals surface area contributed by atoms with Gasteiger partial charge >= 0.3 is 0 Å². The summed E-state index contributed by atoms with van der Waals surface area (Å²) in [6, 6.07) is 7.28. The van der Waals surface area contributed by atoms with Crippen molar-refractivity contribution in [3.05, 3.63) is 34.9 Å². The normalized spacial score (nSPS) is 21.3. The van der Waals surface area contributed by atoms with E-state index >= 15 is 0 Å². The third-order valence-corrected chi connectivity index (χ3v) is 3.87. The quantitative estimate of drug-likeness (QED) is 0.867. The van der Waals surface area contributed by atoms with Gasteiger partial charge in [-0.2, -0.15) is 0 Å². The topological polar surface area (TPSA) is 21.3 Å². The highest BCUT2D eigenvalue weighted by molar-refractivity contribution is 5.30. The SMILES string of the molecule is CCNC(CC1CCCCO1)c1cc(C)cc(C)c1. The molecule has 2 atom stereocenters. The summed E-state index contributed by atoms with van der Waals surface area (Å²) in [4.78, 5) is 0. The minimum atomic E-state index is 0.423. The summed E-state index contributed by atoms with van der Waals surface area (Å²) in [5.41, 5.74) is 4.11. The van der Waals surface area contributed by atoms with E-state index in [4.69, 9.17) is 4.74 Å². The van der Waals surface area contributed by atoms with Gasteiger partial charge in [0.2, 0.25) is 0 Å². The second-order valence-corrected chi connectivity index (χ2v) is 5.76. The molecule has 2 rings (SSSR count). The van der Waals surface area contributed by atoms with Crippen molar-refractivity contribution in [3.8, 4) is 0 Å². The van der Waals surface area contributed by atoms with Crippen LogP contribution in [0.3, 0.4) is 0 Å². The monoisotopic (exact) mass is 261 g/mol. The largest absolute Gasteiger partial charge is 0.378 e. The standard InChI is InChI=1S/C17H27NO/c1-4-18-17(12-16-7-5-6-8-19-16)15-10-13(2)9-14(3)11-15/h9-11,16-18H,4-8,12H2,1-3H3. The fourth-order valence-electron chi connectivity index (χ4n) is 3.05. The molecule has 0 aliphatic carbocycles. The number of hydrogen-bond acceptors (Lipinski definition) is 2. The van der Waals surface area contributed by atoms with Gasteiger partial charge in [0.1, 0.15) is 0 Å². The molecule has 1 aliphatic heterocycles. The van der Waals surface area contributed by atoms with Gasteiger partial charge in [-0.15, -0.1) is 0 Å². The molecular weight excluding hydrogens is 234 g/mol. The van der Waals surface area contributed by atoms with E-state index < -0.39 is 0 Å². The van der Waals surface area contributed by atoms with E-state index in [1.807, 2.05) is 0 Å². The Bertz CT molecular complexity index is 376. The number of benzene rings is 1. The van der Waals surface area contributed by atoms with Gasteiger partial charge in [-0.25, -0.2) is 0 Å². The molecule has 2 nitrogen and oxygen atoms in total. The summed E-state index contributed by atoms with van der Waals surface area (Å²) in [7, 11) is 0. The zero-order valence-corrected chi connectivity index (χ0v) is 12.5. The van der Waals surface area contributed by atoms with Gasteiger partial charge in [-0.05, 0) is 51.6 Å². The fourth-order valence-corrected chi connectivity index (χ4v) is 3.05. The maximum absolute atomic E-state index is 5.90. The first-order valence-electron chi connectivity index (χ1n) is 7.62. The maximum Gasteiger partial charge on any atom is 0.0593 e. The second-order valence-electron chi connectivity index (χ2n) is 5.76. The van der Waals surface area contributed by atoms with Crippen LogP contribution in [0, 0.1) is 13.8 Å². The molecular formula is C17H27NO. The lowest BCUT2D eigenvalue weighted by molar-refractivity contribution is 0.00513.